The number of halogens is 2. The summed E-state index contributed by atoms with van der Waals surface area (Å²) in [5.74, 6) is 0. The maximum Gasteiger partial charge on any atom is 0.0479 e. The first-order valence-electron chi connectivity index (χ1n) is 17.7. The van der Waals surface area contributed by atoms with Gasteiger partial charge in [-0.05, 0) is 126 Å². The molecule has 250 valence electrons. The second kappa shape index (κ2) is 14.1. The van der Waals surface area contributed by atoms with Crippen LogP contribution in [0.4, 0.5) is 0 Å². The lowest BCUT2D eigenvalue weighted by molar-refractivity contribution is 0.590. The molecular formula is C46H48Cl2Si. The lowest BCUT2D eigenvalue weighted by atomic mass is 9.86. The van der Waals surface area contributed by atoms with Crippen LogP contribution in [0.15, 0.2) is 97.1 Å². The van der Waals surface area contributed by atoms with Gasteiger partial charge in [-0.2, -0.15) is 0 Å². The Balaban J connectivity index is 1.30. The highest BCUT2D eigenvalue weighted by molar-refractivity contribution is 6.35. The summed E-state index contributed by atoms with van der Waals surface area (Å²) in [6.07, 6.45) is 2.05. The normalized spacial score (nSPS) is 12.3. The van der Waals surface area contributed by atoms with Gasteiger partial charge in [-0.1, -0.05) is 164 Å². The largest absolute Gasteiger partial charge is 0.0840 e. The molecule has 0 nitrogen and oxygen atoms in total. The second-order valence-corrected chi connectivity index (χ2v) is 17.4. The molecule has 0 heterocycles. The Morgan fingerprint density at radius 2 is 0.837 bits per heavy atom. The van der Waals surface area contributed by atoms with Crippen molar-refractivity contribution in [1.82, 2.24) is 0 Å². The Morgan fingerprint density at radius 3 is 1.16 bits per heavy atom. The van der Waals surface area contributed by atoms with E-state index >= 15 is 0 Å². The van der Waals surface area contributed by atoms with E-state index in [9.17, 15) is 0 Å². The highest BCUT2D eigenvalue weighted by Crippen LogP contribution is 2.43. The molecule has 0 unspecified atom stereocenters. The molecular weight excluding hydrogens is 651 g/mol. The van der Waals surface area contributed by atoms with E-state index in [4.69, 9.17) is 23.2 Å². The zero-order valence-electron chi connectivity index (χ0n) is 30.3. The van der Waals surface area contributed by atoms with E-state index in [1.807, 2.05) is 0 Å². The molecule has 0 spiro atoms. The minimum atomic E-state index is 0.00508. The van der Waals surface area contributed by atoms with E-state index in [2.05, 4.69) is 152 Å². The summed E-state index contributed by atoms with van der Waals surface area (Å²) in [4.78, 5) is 0. The average Bonchev–Trinajstić information content (AvgIpc) is 3.37. The molecule has 0 saturated carbocycles. The van der Waals surface area contributed by atoms with Crippen molar-refractivity contribution in [1.29, 1.82) is 0 Å². The molecule has 49 heavy (non-hydrogen) atoms. The van der Waals surface area contributed by atoms with Crippen molar-refractivity contribution in [3.8, 4) is 44.5 Å². The van der Waals surface area contributed by atoms with Crippen molar-refractivity contribution in [2.75, 3.05) is 0 Å². The van der Waals surface area contributed by atoms with Crippen molar-refractivity contribution in [3.05, 3.63) is 140 Å². The topological polar surface area (TPSA) is 0 Å². The van der Waals surface area contributed by atoms with Gasteiger partial charge in [0.1, 0.15) is 0 Å². The maximum atomic E-state index is 6.87. The molecule has 0 N–H and O–H groups in total. The minimum absolute atomic E-state index is 0.00508. The predicted molar refractivity (Wildman–Crippen MR) is 216 cm³/mol. The fourth-order valence-electron chi connectivity index (χ4n) is 7.41. The zero-order valence-corrected chi connectivity index (χ0v) is 32.8. The number of hydrogen-bond acceptors (Lipinski definition) is 0. The van der Waals surface area contributed by atoms with Crippen LogP contribution in [0.25, 0.3) is 44.5 Å². The second-order valence-electron chi connectivity index (χ2n) is 15.4. The summed E-state index contributed by atoms with van der Waals surface area (Å²) < 4.78 is 0. The number of hydrogen-bond donors (Lipinski definition) is 0. The Labute approximate surface area is 307 Å². The van der Waals surface area contributed by atoms with Crippen LogP contribution in [0.5, 0.6) is 0 Å². The molecule has 2 radical (unpaired) electrons. The predicted octanol–water partition coefficient (Wildman–Crippen LogP) is 13.7. The monoisotopic (exact) mass is 698 g/mol. The van der Waals surface area contributed by atoms with E-state index in [0.29, 0.717) is 0 Å². The van der Waals surface area contributed by atoms with Gasteiger partial charge < -0.3 is 0 Å². The number of rotatable bonds is 8. The molecule has 0 fully saturated rings. The Morgan fingerprint density at radius 1 is 0.469 bits per heavy atom. The first kappa shape index (κ1) is 35.5. The first-order chi connectivity index (χ1) is 23.3. The van der Waals surface area contributed by atoms with Gasteiger partial charge in [-0.15, -0.1) is 0 Å². The van der Waals surface area contributed by atoms with Gasteiger partial charge in [-0.25, -0.2) is 0 Å². The molecule has 0 aliphatic heterocycles. The molecule has 0 amide bonds. The van der Waals surface area contributed by atoms with Gasteiger partial charge >= 0.3 is 0 Å². The summed E-state index contributed by atoms with van der Waals surface area (Å²) >= 11 is 13.7. The number of benzene rings is 2. The van der Waals surface area contributed by atoms with Crippen LogP contribution in [0.1, 0.15) is 88.8 Å². The molecule has 0 saturated heterocycles. The zero-order chi connectivity index (χ0) is 35.1. The van der Waals surface area contributed by atoms with Crippen LogP contribution < -0.4 is 0 Å². The van der Waals surface area contributed by atoms with Gasteiger partial charge in [0.15, 0.2) is 0 Å². The van der Waals surface area contributed by atoms with E-state index in [-0.39, 0.29) is 10.8 Å². The van der Waals surface area contributed by atoms with Crippen molar-refractivity contribution in [2.45, 2.75) is 91.1 Å². The maximum absolute atomic E-state index is 6.87. The summed E-state index contributed by atoms with van der Waals surface area (Å²) in [7, 11) is 0.785. The van der Waals surface area contributed by atoms with Gasteiger partial charge in [0.2, 0.25) is 0 Å². The third-order valence-electron chi connectivity index (χ3n) is 10.0. The average molecular weight is 700 g/mol. The highest BCUT2D eigenvalue weighted by Gasteiger charge is 2.23. The van der Waals surface area contributed by atoms with Crippen molar-refractivity contribution in [3.63, 3.8) is 0 Å². The van der Waals surface area contributed by atoms with Crippen LogP contribution in [0.2, 0.25) is 10.0 Å². The lowest BCUT2D eigenvalue weighted by Gasteiger charge is -2.21. The van der Waals surface area contributed by atoms with Gasteiger partial charge in [0.05, 0.1) is 0 Å². The van der Waals surface area contributed by atoms with E-state index in [1.54, 1.807) is 0 Å². The molecule has 6 rings (SSSR count). The highest BCUT2D eigenvalue weighted by atomic mass is 35.5. The van der Waals surface area contributed by atoms with Gasteiger partial charge in [-0.3, -0.25) is 0 Å². The van der Waals surface area contributed by atoms with Crippen LogP contribution in [-0.4, -0.2) is 9.52 Å². The van der Waals surface area contributed by atoms with Crippen molar-refractivity contribution in [2.24, 2.45) is 0 Å². The Kier molecular flexibility index (Phi) is 10.2. The van der Waals surface area contributed by atoms with Crippen molar-refractivity contribution >= 4 is 32.7 Å². The minimum Gasteiger partial charge on any atom is -0.0840 e. The van der Waals surface area contributed by atoms with Crippen molar-refractivity contribution < 1.29 is 0 Å². The summed E-state index contributed by atoms with van der Waals surface area (Å²) in [5, 5.41) is 1.67. The van der Waals surface area contributed by atoms with Gasteiger partial charge in [0, 0.05) is 19.6 Å². The van der Waals surface area contributed by atoms with E-state index in [0.717, 1.165) is 44.5 Å². The summed E-state index contributed by atoms with van der Waals surface area (Å²) in [5.41, 5.74) is 18.5. The van der Waals surface area contributed by atoms with E-state index < -0.39 is 0 Å². The molecule has 4 aliphatic rings. The van der Waals surface area contributed by atoms with Crippen LogP contribution in [-0.2, 0) is 35.8 Å². The standard InChI is InChI=1S/C46H48Cl2Si/c1-9-29-23-37-33(31-19-21-41(43(47)25-31)45(3,4)5)15-11-13-17-35(37)39(29)27-49-28-40-30(10-2)24-38-34(16-12-14-18-36(38)40)32-20-22-42(44(48)26-32)46(6,7)8/h11-26H,9-10,27-28H2,1-8H3. The Hall–Kier alpha value is -3.36. The first-order valence-corrected chi connectivity index (χ1v) is 19.9. The number of fused-ring (bicyclic) bond motifs is 2. The van der Waals surface area contributed by atoms with Gasteiger partial charge in [0.25, 0.3) is 0 Å². The summed E-state index contributed by atoms with van der Waals surface area (Å²) in [6, 6.07) is 38.1. The smallest absolute Gasteiger partial charge is 0.0479 e. The molecule has 3 heteroatoms. The molecule has 0 bridgehead atoms. The third kappa shape index (κ3) is 7.14. The lowest BCUT2D eigenvalue weighted by Crippen LogP contribution is -2.11. The molecule has 2 aromatic carbocycles. The molecule has 2 aromatic rings. The fourth-order valence-corrected chi connectivity index (χ4v) is 9.80. The van der Waals surface area contributed by atoms with Crippen LogP contribution in [0.3, 0.4) is 0 Å². The van der Waals surface area contributed by atoms with Crippen LogP contribution >= 0.6 is 23.2 Å². The molecule has 0 aromatic heterocycles. The molecule has 0 atom stereocenters. The Bertz CT molecular complexity index is 1910. The van der Waals surface area contributed by atoms with Crippen LogP contribution in [0, 0.1) is 0 Å². The fraction of sp³-hybridized carbons (Fsp3) is 0.304. The molecule has 4 aliphatic carbocycles. The quantitative estimate of drug-likeness (QED) is 0.139. The summed E-state index contributed by atoms with van der Waals surface area (Å²) in [6.45, 7) is 17.9. The number of aryl methyl sites for hydroxylation is 2. The third-order valence-corrected chi connectivity index (χ3v) is 11.9. The van der Waals surface area contributed by atoms with E-state index in [1.165, 1.54) is 77.9 Å². The SMILES string of the molecule is CCc1cc2c(-c3ccc(C(C)(C)C)c(Cl)c3)ccccc-2c1C[Si]Cc1c(CC)cc2c(-c3ccc(C(C)(C)C)c(Cl)c3)ccccc1-2.